The second-order valence-electron chi connectivity index (χ2n) is 5.57. The highest BCUT2D eigenvalue weighted by atomic mass is 35.5. The molecule has 1 fully saturated rings. The second kappa shape index (κ2) is 7.30. The van der Waals surface area contributed by atoms with Crippen molar-refractivity contribution in [1.29, 1.82) is 0 Å². The molecule has 1 aliphatic carbocycles. The van der Waals surface area contributed by atoms with Crippen molar-refractivity contribution in [3.8, 4) is 5.75 Å². The van der Waals surface area contributed by atoms with E-state index in [0.717, 1.165) is 43.5 Å². The molecule has 0 bridgehead atoms. The summed E-state index contributed by atoms with van der Waals surface area (Å²) in [6, 6.07) is 5.68. The van der Waals surface area contributed by atoms with Gasteiger partial charge in [0.25, 0.3) is 0 Å². The Balaban J connectivity index is 2.02. The van der Waals surface area contributed by atoms with E-state index in [-0.39, 0.29) is 0 Å². The van der Waals surface area contributed by atoms with Crippen LogP contribution >= 0.6 is 11.6 Å². The van der Waals surface area contributed by atoms with Gasteiger partial charge in [0.1, 0.15) is 12.4 Å². The first-order valence-corrected chi connectivity index (χ1v) is 7.86. The number of nitrogens with one attached hydrogen (secondary N) is 1. The van der Waals surface area contributed by atoms with Crippen molar-refractivity contribution in [3.05, 3.63) is 28.8 Å². The van der Waals surface area contributed by atoms with Crippen molar-refractivity contribution in [2.75, 3.05) is 13.2 Å². The third-order valence-corrected chi connectivity index (χ3v) is 4.26. The minimum atomic E-state index is -0.671. The molecular weight excluding hydrogens is 274 g/mol. The van der Waals surface area contributed by atoms with Crippen LogP contribution in [-0.2, 0) is 6.54 Å². The van der Waals surface area contributed by atoms with E-state index in [0.29, 0.717) is 18.2 Å². The van der Waals surface area contributed by atoms with Gasteiger partial charge in [-0.2, -0.15) is 0 Å². The van der Waals surface area contributed by atoms with E-state index in [1.54, 1.807) is 0 Å². The zero-order chi connectivity index (χ0) is 14.4. The molecule has 3 nitrogen and oxygen atoms in total. The molecule has 0 unspecified atom stereocenters. The van der Waals surface area contributed by atoms with Crippen LogP contribution in [-0.4, -0.2) is 23.9 Å². The quantitative estimate of drug-likeness (QED) is 0.844. The Hall–Kier alpha value is -0.770. The monoisotopic (exact) mass is 297 g/mol. The second-order valence-corrected chi connectivity index (χ2v) is 5.98. The smallest absolute Gasteiger partial charge is 0.125 e. The molecule has 112 valence electrons. The lowest BCUT2D eigenvalue weighted by Gasteiger charge is -2.32. The van der Waals surface area contributed by atoms with E-state index in [1.165, 1.54) is 6.42 Å². The maximum Gasteiger partial charge on any atom is 0.125 e. The molecule has 0 amide bonds. The van der Waals surface area contributed by atoms with Crippen LogP contribution in [0.4, 0.5) is 0 Å². The first-order valence-electron chi connectivity index (χ1n) is 7.48. The third kappa shape index (κ3) is 4.11. The van der Waals surface area contributed by atoms with Crippen molar-refractivity contribution < 1.29 is 9.84 Å². The van der Waals surface area contributed by atoms with Gasteiger partial charge in [-0.15, -0.1) is 0 Å². The Morgan fingerprint density at radius 3 is 2.75 bits per heavy atom. The lowest BCUT2D eigenvalue weighted by molar-refractivity contribution is -0.0341. The summed E-state index contributed by atoms with van der Waals surface area (Å²) in [7, 11) is 0. The van der Waals surface area contributed by atoms with E-state index in [1.807, 2.05) is 18.2 Å². The molecule has 0 atom stereocenters. The fourth-order valence-corrected chi connectivity index (χ4v) is 2.89. The first-order chi connectivity index (χ1) is 9.64. The molecule has 0 aliphatic heterocycles. The van der Waals surface area contributed by atoms with Crippen LogP contribution in [0.15, 0.2) is 18.2 Å². The predicted octanol–water partition coefficient (Wildman–Crippen LogP) is 3.52. The van der Waals surface area contributed by atoms with Crippen LogP contribution in [0.3, 0.4) is 0 Å². The number of benzene rings is 1. The van der Waals surface area contributed by atoms with E-state index in [9.17, 15) is 5.11 Å². The fraction of sp³-hybridized carbons (Fsp3) is 0.625. The standard InChI is InChI=1S/C16H24ClNO2/c1-2-18-11-13-14(17)7-6-8-15(13)20-12-16(19)9-4-3-5-10-16/h6-8,18-19H,2-5,9-12H2,1H3. The van der Waals surface area contributed by atoms with Crippen molar-refractivity contribution in [1.82, 2.24) is 5.32 Å². The normalized spacial score (nSPS) is 17.9. The summed E-state index contributed by atoms with van der Waals surface area (Å²) >= 11 is 6.24. The molecule has 0 saturated heterocycles. The van der Waals surface area contributed by atoms with Crippen LogP contribution in [0, 0.1) is 0 Å². The lowest BCUT2D eigenvalue weighted by Crippen LogP contribution is -2.38. The van der Waals surface area contributed by atoms with Gasteiger partial charge in [-0.3, -0.25) is 0 Å². The Morgan fingerprint density at radius 2 is 2.05 bits per heavy atom. The summed E-state index contributed by atoms with van der Waals surface area (Å²) in [5, 5.41) is 14.5. The average molecular weight is 298 g/mol. The van der Waals surface area contributed by atoms with Gasteiger partial charge in [0, 0.05) is 17.1 Å². The maximum atomic E-state index is 10.5. The topological polar surface area (TPSA) is 41.5 Å². The number of halogens is 1. The summed E-state index contributed by atoms with van der Waals surface area (Å²) in [6.07, 6.45) is 5.04. The number of rotatable bonds is 6. The molecule has 1 aromatic rings. The SMILES string of the molecule is CCNCc1c(Cl)cccc1OCC1(O)CCCCC1. The van der Waals surface area contributed by atoms with Gasteiger partial charge < -0.3 is 15.2 Å². The molecule has 4 heteroatoms. The van der Waals surface area contributed by atoms with E-state index < -0.39 is 5.60 Å². The van der Waals surface area contributed by atoms with E-state index in [2.05, 4.69) is 12.2 Å². The molecule has 1 saturated carbocycles. The van der Waals surface area contributed by atoms with E-state index >= 15 is 0 Å². The highest BCUT2D eigenvalue weighted by Gasteiger charge is 2.30. The highest BCUT2D eigenvalue weighted by Crippen LogP contribution is 2.31. The van der Waals surface area contributed by atoms with Gasteiger partial charge >= 0.3 is 0 Å². The average Bonchev–Trinajstić information content (AvgIpc) is 2.45. The van der Waals surface area contributed by atoms with Crippen molar-refractivity contribution in [2.45, 2.75) is 51.2 Å². The molecule has 2 N–H and O–H groups in total. The Morgan fingerprint density at radius 1 is 1.30 bits per heavy atom. The molecule has 1 aromatic carbocycles. The molecule has 20 heavy (non-hydrogen) atoms. The van der Waals surface area contributed by atoms with Gasteiger partial charge in [-0.25, -0.2) is 0 Å². The van der Waals surface area contributed by atoms with Crippen molar-refractivity contribution in [3.63, 3.8) is 0 Å². The van der Waals surface area contributed by atoms with Crippen LogP contribution in [0.5, 0.6) is 5.75 Å². The van der Waals surface area contributed by atoms with Gasteiger partial charge in [0.2, 0.25) is 0 Å². The molecule has 0 spiro atoms. The fourth-order valence-electron chi connectivity index (χ4n) is 2.66. The van der Waals surface area contributed by atoms with Crippen LogP contribution in [0.1, 0.15) is 44.6 Å². The Labute approximate surface area is 126 Å². The van der Waals surface area contributed by atoms with Crippen LogP contribution in [0.25, 0.3) is 0 Å². The molecule has 0 radical (unpaired) electrons. The Kier molecular flexibility index (Phi) is 5.70. The number of hydrogen-bond acceptors (Lipinski definition) is 3. The van der Waals surface area contributed by atoms with Gasteiger partial charge in [-0.1, -0.05) is 43.9 Å². The Bertz CT molecular complexity index is 430. The zero-order valence-corrected chi connectivity index (χ0v) is 12.9. The van der Waals surface area contributed by atoms with Gasteiger partial charge in [0.05, 0.1) is 5.60 Å². The molecule has 1 aliphatic rings. The van der Waals surface area contributed by atoms with Gasteiger partial charge in [0.15, 0.2) is 0 Å². The zero-order valence-electron chi connectivity index (χ0n) is 12.1. The third-order valence-electron chi connectivity index (χ3n) is 3.91. The predicted molar refractivity (Wildman–Crippen MR) is 82.4 cm³/mol. The summed E-state index contributed by atoms with van der Waals surface area (Å²) in [6.45, 7) is 3.98. The molecular formula is C16H24ClNO2. The molecule has 0 aromatic heterocycles. The number of hydrogen-bond donors (Lipinski definition) is 2. The minimum absolute atomic E-state index is 0.354. The minimum Gasteiger partial charge on any atom is -0.490 e. The summed E-state index contributed by atoms with van der Waals surface area (Å²) in [5.74, 6) is 0.775. The van der Waals surface area contributed by atoms with Crippen molar-refractivity contribution >= 4 is 11.6 Å². The largest absolute Gasteiger partial charge is 0.490 e. The number of ether oxygens (including phenoxy) is 1. The molecule has 2 rings (SSSR count). The first kappa shape index (κ1) is 15.6. The van der Waals surface area contributed by atoms with E-state index in [4.69, 9.17) is 16.3 Å². The highest BCUT2D eigenvalue weighted by molar-refractivity contribution is 6.31. The number of aliphatic hydroxyl groups is 1. The van der Waals surface area contributed by atoms with Gasteiger partial charge in [-0.05, 0) is 31.5 Å². The lowest BCUT2D eigenvalue weighted by atomic mass is 9.85. The summed E-state index contributed by atoms with van der Waals surface area (Å²) < 4.78 is 5.88. The summed E-state index contributed by atoms with van der Waals surface area (Å²) in [5.41, 5.74) is 0.297. The van der Waals surface area contributed by atoms with Crippen LogP contribution < -0.4 is 10.1 Å². The molecule has 0 heterocycles. The van der Waals surface area contributed by atoms with Crippen molar-refractivity contribution in [2.24, 2.45) is 0 Å². The maximum absolute atomic E-state index is 10.5. The summed E-state index contributed by atoms with van der Waals surface area (Å²) in [4.78, 5) is 0. The van der Waals surface area contributed by atoms with Crippen LogP contribution in [0.2, 0.25) is 5.02 Å².